The Balaban J connectivity index is 2.84. The standard InChI is InChI=1S/C13H10F4O3/c1-2-19-11(18)7-6-9-4-3-5-10(8-9)20-13(16,17)12(14)15/h3-5,8,12H,2H2,1H3. The first-order valence-corrected chi connectivity index (χ1v) is 5.49. The molecular formula is C13H10F4O3. The van der Waals surface area contributed by atoms with E-state index < -0.39 is 24.3 Å². The zero-order chi connectivity index (χ0) is 15.2. The summed E-state index contributed by atoms with van der Waals surface area (Å²) in [5, 5.41) is 0. The van der Waals surface area contributed by atoms with Crippen molar-refractivity contribution in [2.24, 2.45) is 0 Å². The van der Waals surface area contributed by atoms with Crippen LogP contribution < -0.4 is 4.74 Å². The average Bonchev–Trinajstić information content (AvgIpc) is 2.36. The number of carbonyl (C=O) groups excluding carboxylic acids is 1. The lowest BCUT2D eigenvalue weighted by Gasteiger charge is -2.16. The highest BCUT2D eigenvalue weighted by atomic mass is 19.3. The van der Waals surface area contributed by atoms with Crippen LogP contribution in [0.5, 0.6) is 5.75 Å². The number of carbonyl (C=O) groups is 1. The van der Waals surface area contributed by atoms with Gasteiger partial charge in [-0.1, -0.05) is 12.0 Å². The minimum atomic E-state index is -4.59. The summed E-state index contributed by atoms with van der Waals surface area (Å²) < 4.78 is 57.8. The van der Waals surface area contributed by atoms with Crippen LogP contribution in [0.1, 0.15) is 12.5 Å². The van der Waals surface area contributed by atoms with Crippen LogP contribution in [0, 0.1) is 11.8 Å². The van der Waals surface area contributed by atoms with E-state index in [4.69, 9.17) is 0 Å². The highest BCUT2D eigenvalue weighted by molar-refractivity contribution is 5.89. The quantitative estimate of drug-likeness (QED) is 0.486. The summed E-state index contributed by atoms with van der Waals surface area (Å²) >= 11 is 0. The van der Waals surface area contributed by atoms with Crippen molar-refractivity contribution in [2.45, 2.75) is 19.5 Å². The van der Waals surface area contributed by atoms with Crippen molar-refractivity contribution < 1.29 is 31.8 Å². The van der Waals surface area contributed by atoms with Crippen molar-refractivity contribution in [3.05, 3.63) is 29.8 Å². The molecular weight excluding hydrogens is 280 g/mol. The second-order valence-corrected chi connectivity index (χ2v) is 3.46. The van der Waals surface area contributed by atoms with Crippen molar-refractivity contribution >= 4 is 5.97 Å². The molecule has 0 bridgehead atoms. The number of rotatable bonds is 4. The SMILES string of the molecule is CCOC(=O)C#Cc1cccc(OC(F)(F)C(F)F)c1. The zero-order valence-electron chi connectivity index (χ0n) is 10.3. The minimum absolute atomic E-state index is 0.150. The Bertz CT molecular complexity index is 532. The summed E-state index contributed by atoms with van der Waals surface area (Å²) in [6.07, 6.45) is -8.54. The molecule has 0 aliphatic heterocycles. The Kier molecular flexibility index (Phi) is 5.38. The smallest absolute Gasteiger partial charge is 0.456 e. The molecule has 0 amide bonds. The normalized spacial score (nSPS) is 10.7. The highest BCUT2D eigenvalue weighted by Crippen LogP contribution is 2.27. The van der Waals surface area contributed by atoms with Crippen molar-refractivity contribution in [3.63, 3.8) is 0 Å². The van der Waals surface area contributed by atoms with Crippen molar-refractivity contribution in [1.82, 2.24) is 0 Å². The fourth-order valence-electron chi connectivity index (χ4n) is 1.13. The molecule has 3 nitrogen and oxygen atoms in total. The summed E-state index contributed by atoms with van der Waals surface area (Å²) in [6, 6.07) is 4.78. The van der Waals surface area contributed by atoms with Gasteiger partial charge in [-0.2, -0.15) is 17.6 Å². The molecule has 1 rings (SSSR count). The van der Waals surface area contributed by atoms with Crippen LogP contribution in [0.25, 0.3) is 0 Å². The molecule has 0 aromatic heterocycles. The predicted molar refractivity (Wildman–Crippen MR) is 61.5 cm³/mol. The van der Waals surface area contributed by atoms with Gasteiger partial charge in [-0.15, -0.1) is 0 Å². The number of ether oxygens (including phenoxy) is 2. The molecule has 0 aliphatic rings. The lowest BCUT2D eigenvalue weighted by Crippen LogP contribution is -2.33. The molecule has 20 heavy (non-hydrogen) atoms. The second kappa shape index (κ2) is 6.80. The summed E-state index contributed by atoms with van der Waals surface area (Å²) in [5.74, 6) is 3.20. The third kappa shape index (κ3) is 4.80. The van der Waals surface area contributed by atoms with E-state index in [2.05, 4.69) is 21.3 Å². The first kappa shape index (κ1) is 15.8. The van der Waals surface area contributed by atoms with E-state index in [0.717, 1.165) is 12.1 Å². The van der Waals surface area contributed by atoms with Crippen LogP contribution in [0.4, 0.5) is 17.6 Å². The molecule has 0 saturated heterocycles. The Morgan fingerprint density at radius 2 is 2.10 bits per heavy atom. The molecule has 0 radical (unpaired) electrons. The van der Waals surface area contributed by atoms with Gasteiger partial charge in [0.15, 0.2) is 0 Å². The van der Waals surface area contributed by atoms with E-state index >= 15 is 0 Å². The molecule has 0 saturated carbocycles. The predicted octanol–water partition coefficient (Wildman–Crippen LogP) is 2.84. The molecule has 0 fully saturated rings. The second-order valence-electron chi connectivity index (χ2n) is 3.46. The molecule has 0 atom stereocenters. The van der Waals surface area contributed by atoms with Gasteiger partial charge < -0.3 is 9.47 Å². The number of alkyl halides is 4. The van der Waals surface area contributed by atoms with Crippen molar-refractivity contribution in [2.75, 3.05) is 6.61 Å². The van der Waals surface area contributed by atoms with E-state index in [-0.39, 0.29) is 12.2 Å². The van der Waals surface area contributed by atoms with E-state index in [9.17, 15) is 22.4 Å². The number of hydrogen-bond acceptors (Lipinski definition) is 3. The fourth-order valence-corrected chi connectivity index (χ4v) is 1.13. The largest absolute Gasteiger partial charge is 0.461 e. The highest BCUT2D eigenvalue weighted by Gasteiger charge is 2.43. The van der Waals surface area contributed by atoms with Crippen LogP contribution in [-0.4, -0.2) is 25.1 Å². The third-order valence-corrected chi connectivity index (χ3v) is 1.93. The number of halogens is 4. The van der Waals surface area contributed by atoms with Gasteiger partial charge in [-0.3, -0.25) is 0 Å². The summed E-state index contributed by atoms with van der Waals surface area (Å²) in [5.41, 5.74) is 0.153. The van der Waals surface area contributed by atoms with Gasteiger partial charge in [0.25, 0.3) is 0 Å². The van der Waals surface area contributed by atoms with Crippen LogP contribution in [-0.2, 0) is 9.53 Å². The Labute approximate surface area is 112 Å². The molecule has 108 valence electrons. The van der Waals surface area contributed by atoms with E-state index in [1.165, 1.54) is 12.1 Å². The molecule has 0 spiro atoms. The lowest BCUT2D eigenvalue weighted by atomic mass is 10.2. The monoisotopic (exact) mass is 290 g/mol. The van der Waals surface area contributed by atoms with Crippen LogP contribution in [0.2, 0.25) is 0 Å². The first-order chi connectivity index (χ1) is 9.35. The molecule has 1 aromatic rings. The summed E-state index contributed by atoms with van der Waals surface area (Å²) in [7, 11) is 0. The Morgan fingerprint density at radius 1 is 1.40 bits per heavy atom. The Hall–Kier alpha value is -2.23. The van der Waals surface area contributed by atoms with Gasteiger partial charge in [-0.05, 0) is 25.1 Å². The molecule has 0 heterocycles. The molecule has 0 N–H and O–H groups in total. The van der Waals surface area contributed by atoms with E-state index in [1.807, 2.05) is 0 Å². The van der Waals surface area contributed by atoms with Gasteiger partial charge in [0, 0.05) is 11.5 Å². The van der Waals surface area contributed by atoms with Gasteiger partial charge in [0.2, 0.25) is 0 Å². The number of esters is 1. The van der Waals surface area contributed by atoms with Gasteiger partial charge in [0.05, 0.1) is 6.61 Å². The minimum Gasteiger partial charge on any atom is -0.456 e. The van der Waals surface area contributed by atoms with E-state index in [0.29, 0.717) is 0 Å². The maximum Gasteiger partial charge on any atom is 0.461 e. The lowest BCUT2D eigenvalue weighted by molar-refractivity contribution is -0.253. The van der Waals surface area contributed by atoms with Gasteiger partial charge in [0.1, 0.15) is 5.75 Å². The Morgan fingerprint density at radius 3 is 2.70 bits per heavy atom. The summed E-state index contributed by atoms with van der Waals surface area (Å²) in [4.78, 5) is 11.0. The van der Waals surface area contributed by atoms with Crippen LogP contribution in [0.15, 0.2) is 24.3 Å². The number of benzene rings is 1. The maximum absolute atomic E-state index is 12.7. The van der Waals surface area contributed by atoms with Gasteiger partial charge >= 0.3 is 18.5 Å². The maximum atomic E-state index is 12.7. The molecule has 1 aromatic carbocycles. The van der Waals surface area contributed by atoms with Crippen molar-refractivity contribution in [1.29, 1.82) is 0 Å². The third-order valence-electron chi connectivity index (χ3n) is 1.93. The van der Waals surface area contributed by atoms with Crippen LogP contribution >= 0.6 is 0 Å². The molecule has 0 unspecified atom stereocenters. The van der Waals surface area contributed by atoms with E-state index in [1.54, 1.807) is 6.92 Å². The molecule has 7 heteroatoms. The zero-order valence-corrected chi connectivity index (χ0v) is 10.3. The fraction of sp³-hybridized carbons (Fsp3) is 0.308. The topological polar surface area (TPSA) is 35.5 Å². The van der Waals surface area contributed by atoms with Crippen molar-refractivity contribution in [3.8, 4) is 17.6 Å². The number of hydrogen-bond donors (Lipinski definition) is 0. The van der Waals surface area contributed by atoms with Gasteiger partial charge in [-0.25, -0.2) is 4.79 Å². The van der Waals surface area contributed by atoms with Crippen LogP contribution in [0.3, 0.4) is 0 Å². The average molecular weight is 290 g/mol. The first-order valence-electron chi connectivity index (χ1n) is 5.49. The molecule has 0 aliphatic carbocycles. The summed E-state index contributed by atoms with van der Waals surface area (Å²) in [6.45, 7) is 1.75.